The summed E-state index contributed by atoms with van der Waals surface area (Å²) in [7, 11) is 0. The molecule has 0 fully saturated rings. The molecule has 4 rings (SSSR count). The standard InChI is InChI=1S/C22H16O6/c1-13-18(26-12-15-7-9-19(27-15)22(24)25)10-8-16-17(11-20(23)28-21(13)16)14-5-3-2-4-6-14/h2-11H,12H2,1H3,(H,24,25). The maximum atomic E-state index is 12.1. The number of aromatic carboxylic acids is 1. The molecule has 0 aliphatic carbocycles. The number of aryl methyl sites for hydroxylation is 1. The number of ether oxygens (including phenoxy) is 1. The first-order valence-electron chi connectivity index (χ1n) is 8.60. The molecule has 140 valence electrons. The second kappa shape index (κ2) is 7.08. The summed E-state index contributed by atoms with van der Waals surface area (Å²) in [5.74, 6) is -0.374. The average Bonchev–Trinajstić information content (AvgIpc) is 3.17. The van der Waals surface area contributed by atoms with E-state index < -0.39 is 11.6 Å². The van der Waals surface area contributed by atoms with Crippen molar-refractivity contribution in [3.8, 4) is 16.9 Å². The van der Waals surface area contributed by atoms with Crippen LogP contribution in [0.1, 0.15) is 21.9 Å². The molecule has 4 aromatic rings. The Labute approximate surface area is 159 Å². The van der Waals surface area contributed by atoms with Crippen LogP contribution in [0.5, 0.6) is 5.75 Å². The molecule has 1 N–H and O–H groups in total. The molecule has 2 heterocycles. The molecular formula is C22H16O6. The molecule has 0 amide bonds. The fourth-order valence-electron chi connectivity index (χ4n) is 3.08. The van der Waals surface area contributed by atoms with E-state index in [9.17, 15) is 9.59 Å². The first-order chi connectivity index (χ1) is 13.5. The van der Waals surface area contributed by atoms with Crippen LogP contribution in [-0.2, 0) is 6.61 Å². The summed E-state index contributed by atoms with van der Waals surface area (Å²) < 4.78 is 16.4. The molecule has 0 saturated carbocycles. The van der Waals surface area contributed by atoms with Gasteiger partial charge in [-0.15, -0.1) is 0 Å². The van der Waals surface area contributed by atoms with Crippen molar-refractivity contribution in [2.45, 2.75) is 13.5 Å². The Balaban J connectivity index is 1.70. The number of carbonyl (C=O) groups is 1. The predicted octanol–water partition coefficient (Wildman–Crippen LogP) is 4.64. The van der Waals surface area contributed by atoms with E-state index >= 15 is 0 Å². The van der Waals surface area contributed by atoms with Crippen molar-refractivity contribution < 1.29 is 23.5 Å². The Kier molecular flexibility index (Phi) is 4.45. The van der Waals surface area contributed by atoms with Crippen molar-refractivity contribution in [1.29, 1.82) is 0 Å². The summed E-state index contributed by atoms with van der Waals surface area (Å²) in [4.78, 5) is 23.0. The highest BCUT2D eigenvalue weighted by molar-refractivity contribution is 5.95. The summed E-state index contributed by atoms with van der Waals surface area (Å²) in [5, 5.41) is 9.72. The maximum Gasteiger partial charge on any atom is 0.371 e. The predicted molar refractivity (Wildman–Crippen MR) is 103 cm³/mol. The summed E-state index contributed by atoms with van der Waals surface area (Å²) in [5.41, 5.74) is 2.40. The molecule has 0 aliphatic heterocycles. The zero-order valence-electron chi connectivity index (χ0n) is 15.0. The van der Waals surface area contributed by atoms with Crippen molar-refractivity contribution in [2.24, 2.45) is 0 Å². The first-order valence-corrected chi connectivity index (χ1v) is 8.60. The number of fused-ring (bicyclic) bond motifs is 1. The number of furan rings is 1. The Morgan fingerprint density at radius 2 is 1.82 bits per heavy atom. The van der Waals surface area contributed by atoms with E-state index in [-0.39, 0.29) is 12.4 Å². The number of rotatable bonds is 5. The van der Waals surface area contributed by atoms with E-state index in [4.69, 9.17) is 18.7 Å². The van der Waals surface area contributed by atoms with Crippen LogP contribution in [0.2, 0.25) is 0 Å². The zero-order chi connectivity index (χ0) is 19.7. The van der Waals surface area contributed by atoms with Gasteiger partial charge in [-0.05, 0) is 42.3 Å². The van der Waals surface area contributed by atoms with Crippen LogP contribution in [0.15, 0.2) is 74.3 Å². The largest absolute Gasteiger partial charge is 0.485 e. The van der Waals surface area contributed by atoms with Gasteiger partial charge >= 0.3 is 11.6 Å². The molecule has 0 aliphatic rings. The van der Waals surface area contributed by atoms with E-state index in [0.717, 1.165) is 16.5 Å². The van der Waals surface area contributed by atoms with Gasteiger partial charge in [-0.2, -0.15) is 0 Å². The summed E-state index contributed by atoms with van der Waals surface area (Å²) >= 11 is 0. The van der Waals surface area contributed by atoms with Gasteiger partial charge in [0, 0.05) is 17.0 Å². The monoisotopic (exact) mass is 376 g/mol. The lowest BCUT2D eigenvalue weighted by Crippen LogP contribution is -2.01. The summed E-state index contributed by atoms with van der Waals surface area (Å²) in [6, 6.07) is 17.7. The third kappa shape index (κ3) is 3.27. The minimum atomic E-state index is -1.14. The smallest absolute Gasteiger partial charge is 0.371 e. The van der Waals surface area contributed by atoms with Crippen molar-refractivity contribution >= 4 is 16.9 Å². The zero-order valence-corrected chi connectivity index (χ0v) is 15.0. The lowest BCUT2D eigenvalue weighted by Gasteiger charge is -2.12. The van der Waals surface area contributed by atoms with Crippen LogP contribution in [0, 0.1) is 6.92 Å². The van der Waals surface area contributed by atoms with E-state index in [1.165, 1.54) is 12.1 Å². The Bertz CT molecular complexity index is 1220. The number of carboxylic acid groups (broad SMARTS) is 1. The molecule has 0 unspecified atom stereocenters. The molecule has 6 nitrogen and oxygen atoms in total. The fraction of sp³-hybridized carbons (Fsp3) is 0.0909. The Morgan fingerprint density at radius 3 is 2.54 bits per heavy atom. The van der Waals surface area contributed by atoms with E-state index in [0.29, 0.717) is 22.7 Å². The molecule has 2 aromatic carbocycles. The third-order valence-electron chi connectivity index (χ3n) is 4.44. The van der Waals surface area contributed by atoms with E-state index in [2.05, 4.69) is 0 Å². The average molecular weight is 376 g/mol. The highest BCUT2D eigenvalue weighted by atomic mass is 16.5. The highest BCUT2D eigenvalue weighted by Gasteiger charge is 2.14. The van der Waals surface area contributed by atoms with Gasteiger partial charge in [0.1, 0.15) is 23.7 Å². The molecule has 0 bridgehead atoms. The van der Waals surface area contributed by atoms with Crippen LogP contribution in [0.4, 0.5) is 0 Å². The lowest BCUT2D eigenvalue weighted by molar-refractivity contribution is 0.0658. The van der Waals surface area contributed by atoms with E-state index in [1.807, 2.05) is 36.4 Å². The van der Waals surface area contributed by atoms with Crippen LogP contribution in [0.3, 0.4) is 0 Å². The molecule has 0 atom stereocenters. The molecule has 2 aromatic heterocycles. The second-order valence-electron chi connectivity index (χ2n) is 6.27. The van der Waals surface area contributed by atoms with Gasteiger partial charge in [0.2, 0.25) is 5.76 Å². The van der Waals surface area contributed by atoms with Gasteiger partial charge in [0.25, 0.3) is 0 Å². The topological polar surface area (TPSA) is 89.9 Å². The van der Waals surface area contributed by atoms with Crippen LogP contribution in [-0.4, -0.2) is 11.1 Å². The third-order valence-corrected chi connectivity index (χ3v) is 4.44. The molecule has 6 heteroatoms. The van der Waals surface area contributed by atoms with Crippen LogP contribution < -0.4 is 10.4 Å². The van der Waals surface area contributed by atoms with Crippen LogP contribution in [0.25, 0.3) is 22.1 Å². The van der Waals surface area contributed by atoms with Crippen molar-refractivity contribution in [3.63, 3.8) is 0 Å². The minimum Gasteiger partial charge on any atom is -0.485 e. The molecule has 0 radical (unpaired) electrons. The normalized spacial score (nSPS) is 10.9. The number of carboxylic acids is 1. The first kappa shape index (κ1) is 17.6. The van der Waals surface area contributed by atoms with Gasteiger partial charge in [0.05, 0.1) is 0 Å². The lowest BCUT2D eigenvalue weighted by atomic mass is 10.0. The van der Waals surface area contributed by atoms with Gasteiger partial charge in [0.15, 0.2) is 0 Å². The number of hydrogen-bond acceptors (Lipinski definition) is 5. The van der Waals surface area contributed by atoms with Gasteiger partial charge in [-0.1, -0.05) is 30.3 Å². The Hall–Kier alpha value is -3.80. The van der Waals surface area contributed by atoms with Crippen LogP contribution >= 0.6 is 0 Å². The van der Waals surface area contributed by atoms with Gasteiger partial charge in [-0.25, -0.2) is 9.59 Å². The van der Waals surface area contributed by atoms with Crippen molar-refractivity contribution in [3.05, 3.63) is 88.2 Å². The van der Waals surface area contributed by atoms with Crippen molar-refractivity contribution in [1.82, 2.24) is 0 Å². The summed E-state index contributed by atoms with van der Waals surface area (Å²) in [6.45, 7) is 1.86. The number of hydrogen-bond donors (Lipinski definition) is 1. The quantitative estimate of drug-likeness (QED) is 0.511. The van der Waals surface area contributed by atoms with E-state index in [1.54, 1.807) is 19.1 Å². The van der Waals surface area contributed by atoms with Gasteiger partial charge in [-0.3, -0.25) is 0 Å². The SMILES string of the molecule is Cc1c(OCc2ccc(C(=O)O)o2)ccc2c(-c3ccccc3)cc(=O)oc12. The van der Waals surface area contributed by atoms with Crippen molar-refractivity contribution in [2.75, 3.05) is 0 Å². The molecule has 0 spiro atoms. The van der Waals surface area contributed by atoms with Gasteiger partial charge < -0.3 is 18.7 Å². The number of benzene rings is 2. The highest BCUT2D eigenvalue weighted by Crippen LogP contribution is 2.33. The molecular weight excluding hydrogens is 360 g/mol. The Morgan fingerprint density at radius 1 is 1.04 bits per heavy atom. The molecule has 28 heavy (non-hydrogen) atoms. The fourth-order valence-corrected chi connectivity index (χ4v) is 3.08. The summed E-state index contributed by atoms with van der Waals surface area (Å²) in [6.07, 6.45) is 0. The molecule has 0 saturated heterocycles. The minimum absolute atomic E-state index is 0.0578. The second-order valence-corrected chi connectivity index (χ2v) is 6.27. The maximum absolute atomic E-state index is 12.1.